The largest absolute Gasteiger partial charge is 0.313 e. The summed E-state index contributed by atoms with van der Waals surface area (Å²) in [5, 5.41) is 4.42. The van der Waals surface area contributed by atoms with E-state index in [1.807, 2.05) is 0 Å². The van der Waals surface area contributed by atoms with Crippen LogP contribution in [0.4, 0.5) is 0 Å². The Morgan fingerprint density at radius 1 is 1.25 bits per heavy atom. The molecule has 2 atom stereocenters. The van der Waals surface area contributed by atoms with Crippen molar-refractivity contribution in [1.82, 2.24) is 5.32 Å². The molecule has 1 aliphatic carbocycles. The maximum atomic E-state index is 3.71. The van der Waals surface area contributed by atoms with Gasteiger partial charge in [0.15, 0.2) is 0 Å². The van der Waals surface area contributed by atoms with E-state index in [1.54, 1.807) is 0 Å². The Labute approximate surface area is 128 Å². The summed E-state index contributed by atoms with van der Waals surface area (Å²) in [4.78, 5) is 1.42. The third-order valence-corrected chi connectivity index (χ3v) is 5.90. The number of nitrogens with one attached hydrogen (secondary N) is 1. The zero-order valence-corrected chi connectivity index (χ0v) is 14.4. The van der Waals surface area contributed by atoms with Crippen molar-refractivity contribution in [3.05, 3.63) is 29.8 Å². The van der Waals surface area contributed by atoms with Gasteiger partial charge in [-0.1, -0.05) is 46.8 Å². The van der Waals surface area contributed by atoms with Gasteiger partial charge in [-0.3, -0.25) is 0 Å². The molecule has 0 spiro atoms. The number of thioether (sulfide) groups is 1. The van der Waals surface area contributed by atoms with Gasteiger partial charge in [0.2, 0.25) is 0 Å². The monoisotopic (exact) mass is 291 g/mol. The predicted octanol–water partition coefficient (Wildman–Crippen LogP) is 5.07. The SMILES string of the molecule is CCNC1C(Sc2ccc(C(C)C)cc2)CCC1(C)C. The zero-order chi connectivity index (χ0) is 14.8. The van der Waals surface area contributed by atoms with Gasteiger partial charge in [0.05, 0.1) is 0 Å². The van der Waals surface area contributed by atoms with Gasteiger partial charge in [-0.25, -0.2) is 0 Å². The lowest BCUT2D eigenvalue weighted by Gasteiger charge is -2.31. The Morgan fingerprint density at radius 2 is 1.90 bits per heavy atom. The van der Waals surface area contributed by atoms with Crippen molar-refractivity contribution in [3.63, 3.8) is 0 Å². The highest BCUT2D eigenvalue weighted by atomic mass is 32.2. The van der Waals surface area contributed by atoms with Gasteiger partial charge >= 0.3 is 0 Å². The number of hydrogen-bond donors (Lipinski definition) is 1. The number of benzene rings is 1. The number of rotatable bonds is 5. The fourth-order valence-corrected chi connectivity index (χ4v) is 4.68. The fourth-order valence-electron chi connectivity index (χ4n) is 3.20. The van der Waals surface area contributed by atoms with Crippen LogP contribution in [0.1, 0.15) is 58.9 Å². The Morgan fingerprint density at radius 3 is 2.45 bits per heavy atom. The molecular weight excluding hydrogens is 262 g/mol. The lowest BCUT2D eigenvalue weighted by atomic mass is 9.87. The molecule has 0 saturated heterocycles. The van der Waals surface area contributed by atoms with Gasteiger partial charge in [0, 0.05) is 16.2 Å². The summed E-state index contributed by atoms with van der Waals surface area (Å²) in [5.41, 5.74) is 1.86. The average Bonchev–Trinajstić information content (AvgIpc) is 2.67. The maximum absolute atomic E-state index is 3.71. The molecule has 20 heavy (non-hydrogen) atoms. The van der Waals surface area contributed by atoms with Gasteiger partial charge < -0.3 is 5.32 Å². The summed E-state index contributed by atoms with van der Waals surface area (Å²) >= 11 is 2.06. The molecule has 0 radical (unpaired) electrons. The molecule has 1 N–H and O–H groups in total. The first-order valence-electron chi connectivity index (χ1n) is 7.94. The van der Waals surface area contributed by atoms with Crippen LogP contribution in [-0.4, -0.2) is 17.8 Å². The van der Waals surface area contributed by atoms with E-state index in [0.717, 1.165) is 6.54 Å². The molecule has 2 unspecified atom stereocenters. The van der Waals surface area contributed by atoms with Crippen LogP contribution >= 0.6 is 11.8 Å². The van der Waals surface area contributed by atoms with Gasteiger partial charge in [-0.2, -0.15) is 0 Å². The molecule has 112 valence electrons. The minimum atomic E-state index is 0.422. The molecule has 1 nitrogen and oxygen atoms in total. The smallest absolute Gasteiger partial charge is 0.0253 e. The third kappa shape index (κ3) is 3.59. The van der Waals surface area contributed by atoms with Crippen molar-refractivity contribution in [3.8, 4) is 0 Å². The molecule has 0 amide bonds. The second-order valence-corrected chi connectivity index (χ2v) is 8.26. The van der Waals surface area contributed by atoms with Gasteiger partial charge in [0.25, 0.3) is 0 Å². The van der Waals surface area contributed by atoms with Gasteiger partial charge in [0.1, 0.15) is 0 Å². The predicted molar refractivity (Wildman–Crippen MR) is 90.7 cm³/mol. The molecule has 1 aromatic rings. The molecule has 1 aliphatic rings. The highest BCUT2D eigenvalue weighted by Crippen LogP contribution is 2.45. The van der Waals surface area contributed by atoms with Crippen LogP contribution in [0.3, 0.4) is 0 Å². The summed E-state index contributed by atoms with van der Waals surface area (Å²) in [6.45, 7) is 12.6. The van der Waals surface area contributed by atoms with Crippen molar-refractivity contribution in [2.45, 2.75) is 69.6 Å². The zero-order valence-electron chi connectivity index (χ0n) is 13.6. The quantitative estimate of drug-likeness (QED) is 0.813. The van der Waals surface area contributed by atoms with Crippen molar-refractivity contribution in [1.29, 1.82) is 0 Å². The van der Waals surface area contributed by atoms with E-state index in [4.69, 9.17) is 0 Å². The minimum absolute atomic E-state index is 0.422. The Bertz CT molecular complexity index is 422. The van der Waals surface area contributed by atoms with Crippen molar-refractivity contribution < 1.29 is 0 Å². The summed E-state index contributed by atoms with van der Waals surface area (Å²) < 4.78 is 0. The first-order chi connectivity index (χ1) is 9.44. The van der Waals surface area contributed by atoms with E-state index >= 15 is 0 Å². The van der Waals surface area contributed by atoms with Crippen LogP contribution in [-0.2, 0) is 0 Å². The summed E-state index contributed by atoms with van der Waals surface area (Å²) in [7, 11) is 0. The second kappa shape index (κ2) is 6.53. The third-order valence-electron chi connectivity index (χ3n) is 4.55. The Kier molecular flexibility index (Phi) is 5.19. The molecule has 0 aliphatic heterocycles. The summed E-state index contributed by atoms with van der Waals surface area (Å²) in [5.74, 6) is 0.619. The molecule has 0 bridgehead atoms. The Balaban J connectivity index is 2.05. The standard InChI is InChI=1S/C18H29NS/c1-6-19-17-16(11-12-18(17,4)5)20-15-9-7-14(8-10-15)13(2)3/h7-10,13,16-17,19H,6,11-12H2,1-5H3. The summed E-state index contributed by atoms with van der Waals surface area (Å²) in [6.07, 6.45) is 2.65. The first kappa shape index (κ1) is 15.9. The lowest BCUT2D eigenvalue weighted by molar-refractivity contribution is 0.290. The Hall–Kier alpha value is -0.470. The highest BCUT2D eigenvalue weighted by Gasteiger charge is 2.41. The second-order valence-electron chi connectivity index (χ2n) is 6.94. The maximum Gasteiger partial charge on any atom is 0.0253 e. The van der Waals surface area contributed by atoms with E-state index in [9.17, 15) is 0 Å². The van der Waals surface area contributed by atoms with E-state index in [-0.39, 0.29) is 0 Å². The topological polar surface area (TPSA) is 12.0 Å². The van der Waals surface area contributed by atoms with Crippen LogP contribution < -0.4 is 5.32 Å². The van der Waals surface area contributed by atoms with E-state index in [2.05, 4.69) is 76.0 Å². The van der Waals surface area contributed by atoms with Crippen molar-refractivity contribution in [2.75, 3.05) is 6.54 Å². The average molecular weight is 292 g/mol. The lowest BCUT2D eigenvalue weighted by Crippen LogP contribution is -2.43. The van der Waals surface area contributed by atoms with Crippen LogP contribution in [0.5, 0.6) is 0 Å². The molecule has 2 heteroatoms. The fraction of sp³-hybridized carbons (Fsp3) is 0.667. The summed E-state index contributed by atoms with van der Waals surface area (Å²) in [6, 6.07) is 9.80. The minimum Gasteiger partial charge on any atom is -0.313 e. The van der Waals surface area contributed by atoms with Gasteiger partial charge in [-0.15, -0.1) is 11.8 Å². The van der Waals surface area contributed by atoms with E-state index < -0.39 is 0 Å². The molecule has 0 aromatic heterocycles. The molecule has 1 saturated carbocycles. The van der Waals surface area contributed by atoms with Gasteiger partial charge in [-0.05, 0) is 48.4 Å². The molecule has 1 aromatic carbocycles. The van der Waals surface area contributed by atoms with Crippen LogP contribution in [0.15, 0.2) is 29.2 Å². The first-order valence-corrected chi connectivity index (χ1v) is 8.82. The van der Waals surface area contributed by atoms with Crippen LogP contribution in [0.2, 0.25) is 0 Å². The molecule has 1 fully saturated rings. The molecule has 2 rings (SSSR count). The van der Waals surface area contributed by atoms with E-state index in [0.29, 0.717) is 22.6 Å². The molecular formula is C18H29NS. The highest BCUT2D eigenvalue weighted by molar-refractivity contribution is 8.00. The van der Waals surface area contributed by atoms with Crippen LogP contribution in [0.25, 0.3) is 0 Å². The van der Waals surface area contributed by atoms with Crippen molar-refractivity contribution >= 4 is 11.8 Å². The molecule has 0 heterocycles. The normalized spacial score (nSPS) is 25.3. The van der Waals surface area contributed by atoms with Crippen LogP contribution in [0, 0.1) is 5.41 Å². The number of hydrogen-bond acceptors (Lipinski definition) is 2. The van der Waals surface area contributed by atoms with Crippen molar-refractivity contribution in [2.24, 2.45) is 5.41 Å². The van der Waals surface area contributed by atoms with E-state index in [1.165, 1.54) is 23.3 Å².